The summed E-state index contributed by atoms with van der Waals surface area (Å²) in [6.45, 7) is 2.76. The van der Waals surface area contributed by atoms with Crippen LogP contribution >= 0.6 is 0 Å². The number of benzene rings is 1. The van der Waals surface area contributed by atoms with Crippen molar-refractivity contribution < 1.29 is 4.79 Å². The summed E-state index contributed by atoms with van der Waals surface area (Å²) in [6.07, 6.45) is 7.34. The maximum Gasteiger partial charge on any atom is 0.251 e. The first-order valence-electron chi connectivity index (χ1n) is 8.55. The van der Waals surface area contributed by atoms with Crippen LogP contribution in [0.1, 0.15) is 42.0 Å². The van der Waals surface area contributed by atoms with Crippen LogP contribution in [0.2, 0.25) is 0 Å². The third-order valence-electron chi connectivity index (χ3n) is 4.48. The van der Waals surface area contributed by atoms with Gasteiger partial charge < -0.3 is 5.32 Å². The third-order valence-corrected chi connectivity index (χ3v) is 4.48. The van der Waals surface area contributed by atoms with Crippen LogP contribution < -0.4 is 5.32 Å². The summed E-state index contributed by atoms with van der Waals surface area (Å²) in [4.78, 5) is 17.2. The number of hydrogen-bond donors (Lipinski definition) is 1. The summed E-state index contributed by atoms with van der Waals surface area (Å²) in [7, 11) is 0. The van der Waals surface area contributed by atoms with E-state index in [-0.39, 0.29) is 11.9 Å². The molecule has 4 rings (SSSR count). The van der Waals surface area contributed by atoms with Gasteiger partial charge in [-0.3, -0.25) is 4.79 Å². The summed E-state index contributed by atoms with van der Waals surface area (Å²) < 4.78 is 3.59. The van der Waals surface area contributed by atoms with Crippen molar-refractivity contribution in [1.29, 1.82) is 0 Å². The zero-order chi connectivity index (χ0) is 17.2. The van der Waals surface area contributed by atoms with Crippen molar-refractivity contribution in [1.82, 2.24) is 29.9 Å². The van der Waals surface area contributed by atoms with E-state index in [0.29, 0.717) is 11.5 Å². The van der Waals surface area contributed by atoms with Crippen LogP contribution in [0.4, 0.5) is 0 Å². The fourth-order valence-electron chi connectivity index (χ4n) is 3.02. The Morgan fingerprint density at radius 2 is 2.20 bits per heavy atom. The summed E-state index contributed by atoms with van der Waals surface area (Å²) in [6, 6.07) is 9.21. The average molecular weight is 336 g/mol. The van der Waals surface area contributed by atoms with E-state index in [2.05, 4.69) is 20.5 Å². The molecular formula is C18H20N6O. The molecule has 3 aromatic rings. The molecule has 0 aliphatic heterocycles. The van der Waals surface area contributed by atoms with Gasteiger partial charge in [-0.15, -0.1) is 0 Å². The summed E-state index contributed by atoms with van der Waals surface area (Å²) in [5.41, 5.74) is 1.47. The number of carbonyl (C=O) groups is 1. The van der Waals surface area contributed by atoms with Crippen molar-refractivity contribution in [3.05, 3.63) is 60.4 Å². The second-order valence-corrected chi connectivity index (χ2v) is 6.22. The fraction of sp³-hybridized carbons (Fsp3) is 0.333. The van der Waals surface area contributed by atoms with Gasteiger partial charge in [0.2, 0.25) is 0 Å². The van der Waals surface area contributed by atoms with Gasteiger partial charge in [0.25, 0.3) is 5.91 Å². The molecule has 0 bridgehead atoms. The maximum absolute atomic E-state index is 12.8. The zero-order valence-corrected chi connectivity index (χ0v) is 14.0. The Hall–Kier alpha value is -2.96. The smallest absolute Gasteiger partial charge is 0.251 e. The van der Waals surface area contributed by atoms with Crippen LogP contribution in [0.5, 0.6) is 0 Å². The summed E-state index contributed by atoms with van der Waals surface area (Å²) in [5.74, 6) is 1.17. The number of rotatable bonds is 6. The second kappa shape index (κ2) is 6.51. The minimum absolute atomic E-state index is 0.0942. The van der Waals surface area contributed by atoms with Gasteiger partial charge in [-0.25, -0.2) is 14.3 Å². The first-order chi connectivity index (χ1) is 12.3. The van der Waals surface area contributed by atoms with Crippen LogP contribution in [0.15, 0.2) is 49.1 Å². The first-order valence-corrected chi connectivity index (χ1v) is 8.55. The van der Waals surface area contributed by atoms with Crippen LogP contribution in [0.25, 0.3) is 5.69 Å². The predicted octanol–water partition coefficient (Wildman–Crippen LogP) is 2.36. The van der Waals surface area contributed by atoms with E-state index in [9.17, 15) is 4.79 Å². The largest absolute Gasteiger partial charge is 0.342 e. The molecule has 0 saturated heterocycles. The molecule has 2 aromatic heterocycles. The van der Waals surface area contributed by atoms with Crippen LogP contribution in [0, 0.1) is 5.92 Å². The number of amides is 1. The number of hydrogen-bond acceptors (Lipinski definition) is 4. The molecule has 7 heteroatoms. The molecular weight excluding hydrogens is 316 g/mol. The number of aryl methyl sites for hydroxylation is 1. The van der Waals surface area contributed by atoms with E-state index in [1.165, 1.54) is 0 Å². The van der Waals surface area contributed by atoms with Crippen molar-refractivity contribution in [2.45, 2.75) is 32.4 Å². The number of carbonyl (C=O) groups excluding carboxylic acids is 1. The molecule has 1 aromatic carbocycles. The SMILES string of the molecule is CCn1ncnc1[C@H](NC(=O)c1cccc(-n2cccn2)c1)C1CC1. The minimum Gasteiger partial charge on any atom is -0.342 e. The molecule has 1 atom stereocenters. The normalized spacial score (nSPS) is 15.1. The highest BCUT2D eigenvalue weighted by atomic mass is 16.1. The lowest BCUT2D eigenvalue weighted by molar-refractivity contribution is 0.0928. The predicted molar refractivity (Wildman–Crippen MR) is 92.2 cm³/mol. The Kier molecular flexibility index (Phi) is 4.05. The Morgan fingerprint density at radius 3 is 2.92 bits per heavy atom. The van der Waals surface area contributed by atoms with Crippen molar-refractivity contribution in [3.63, 3.8) is 0 Å². The molecule has 0 spiro atoms. The third kappa shape index (κ3) is 3.17. The van der Waals surface area contributed by atoms with Crippen molar-refractivity contribution >= 4 is 5.91 Å². The number of aromatic nitrogens is 5. The minimum atomic E-state index is -0.100. The van der Waals surface area contributed by atoms with E-state index < -0.39 is 0 Å². The topological polar surface area (TPSA) is 77.6 Å². The van der Waals surface area contributed by atoms with Crippen molar-refractivity contribution in [2.75, 3.05) is 0 Å². The molecule has 7 nitrogen and oxygen atoms in total. The molecule has 1 amide bonds. The highest BCUT2D eigenvalue weighted by Crippen LogP contribution is 2.40. The first kappa shape index (κ1) is 15.6. The Morgan fingerprint density at radius 1 is 1.32 bits per heavy atom. The highest BCUT2D eigenvalue weighted by Gasteiger charge is 2.36. The van der Waals surface area contributed by atoms with Gasteiger partial charge in [-0.1, -0.05) is 6.07 Å². The van der Waals surface area contributed by atoms with Gasteiger partial charge in [-0.05, 0) is 49.9 Å². The molecule has 0 radical (unpaired) electrons. The lowest BCUT2D eigenvalue weighted by atomic mass is 10.1. The Bertz CT molecular complexity index is 865. The van der Waals surface area contributed by atoms with E-state index in [1.54, 1.807) is 17.2 Å². The molecule has 128 valence electrons. The molecule has 2 heterocycles. The van der Waals surface area contributed by atoms with Crippen LogP contribution in [0.3, 0.4) is 0 Å². The Balaban J connectivity index is 1.57. The van der Waals surface area contributed by atoms with Gasteiger partial charge in [0.05, 0.1) is 11.7 Å². The lowest BCUT2D eigenvalue weighted by Crippen LogP contribution is -2.32. The molecule has 1 aliphatic rings. The summed E-state index contributed by atoms with van der Waals surface area (Å²) >= 11 is 0. The van der Waals surface area contributed by atoms with Crippen LogP contribution in [-0.2, 0) is 6.54 Å². The van der Waals surface area contributed by atoms with Gasteiger partial charge in [0.15, 0.2) is 0 Å². The van der Waals surface area contributed by atoms with Gasteiger partial charge >= 0.3 is 0 Å². The number of nitrogens with one attached hydrogen (secondary N) is 1. The van der Waals surface area contributed by atoms with E-state index in [1.807, 2.05) is 48.1 Å². The second-order valence-electron chi connectivity index (χ2n) is 6.22. The van der Waals surface area contributed by atoms with E-state index >= 15 is 0 Å². The monoisotopic (exact) mass is 336 g/mol. The average Bonchev–Trinajstić information content (AvgIpc) is 3.13. The molecule has 1 N–H and O–H groups in total. The van der Waals surface area contributed by atoms with E-state index in [4.69, 9.17) is 0 Å². The van der Waals surface area contributed by atoms with Gasteiger partial charge in [0, 0.05) is 24.5 Å². The Labute approximate surface area is 145 Å². The van der Waals surface area contributed by atoms with E-state index in [0.717, 1.165) is 30.9 Å². The standard InChI is InChI=1S/C18H20N6O/c1-2-23-17(19-12-21-23)16(13-7-8-13)22-18(25)14-5-3-6-15(11-14)24-10-4-9-20-24/h3-6,9-13,16H,2,7-8H2,1H3,(H,22,25)/t16-/m1/s1. The number of nitrogens with zero attached hydrogens (tertiary/aromatic N) is 5. The summed E-state index contributed by atoms with van der Waals surface area (Å²) in [5, 5.41) is 11.6. The van der Waals surface area contributed by atoms with Crippen LogP contribution in [-0.4, -0.2) is 30.5 Å². The molecule has 1 fully saturated rings. The molecule has 1 saturated carbocycles. The highest BCUT2D eigenvalue weighted by molar-refractivity contribution is 5.95. The van der Waals surface area contributed by atoms with Crippen molar-refractivity contribution in [2.24, 2.45) is 5.92 Å². The quantitative estimate of drug-likeness (QED) is 0.749. The van der Waals surface area contributed by atoms with Gasteiger partial charge in [0.1, 0.15) is 12.2 Å². The zero-order valence-electron chi connectivity index (χ0n) is 14.0. The fourth-order valence-corrected chi connectivity index (χ4v) is 3.02. The van der Waals surface area contributed by atoms with Crippen molar-refractivity contribution in [3.8, 4) is 5.69 Å². The lowest BCUT2D eigenvalue weighted by Gasteiger charge is -2.18. The molecule has 25 heavy (non-hydrogen) atoms. The maximum atomic E-state index is 12.8. The van der Waals surface area contributed by atoms with Gasteiger partial charge in [-0.2, -0.15) is 10.2 Å². The molecule has 0 unspecified atom stereocenters. The molecule has 1 aliphatic carbocycles.